The van der Waals surface area contributed by atoms with Crippen LogP contribution in [0.1, 0.15) is 30.5 Å². The van der Waals surface area contributed by atoms with Crippen LogP contribution in [0.25, 0.3) is 0 Å². The summed E-state index contributed by atoms with van der Waals surface area (Å²) in [5.41, 5.74) is 0. The quantitative estimate of drug-likeness (QED) is 0.816. The zero-order valence-corrected chi connectivity index (χ0v) is 13.4. The van der Waals surface area contributed by atoms with Gasteiger partial charge in [-0.25, -0.2) is 22.8 Å². The first-order chi connectivity index (χ1) is 9.76. The number of carbonyl (C=O) groups excluding carboxylic acids is 1. The first-order valence-electron chi connectivity index (χ1n) is 6.88. The van der Waals surface area contributed by atoms with Crippen LogP contribution in [0.3, 0.4) is 0 Å². The van der Waals surface area contributed by atoms with Gasteiger partial charge in [0.25, 0.3) is 0 Å². The predicted octanol–water partition coefficient (Wildman–Crippen LogP) is -0.392. The highest BCUT2D eigenvalue weighted by atomic mass is 32.2. The van der Waals surface area contributed by atoms with Crippen molar-refractivity contribution in [1.29, 1.82) is 0 Å². The maximum Gasteiger partial charge on any atom is 0.237 e. The summed E-state index contributed by atoms with van der Waals surface area (Å²) in [6.07, 6.45) is 2.85. The number of hydrogen-bond acceptors (Lipinski definition) is 5. The van der Waals surface area contributed by atoms with Crippen molar-refractivity contribution in [3.05, 3.63) is 11.6 Å². The molecule has 0 radical (unpaired) electrons. The standard InChI is InChI=1S/C12H21N5O3S/c1-9-14-10(2)17(15-9)11-5-4-6-16(8-11)12(18)7-13-21(3,19)20/h11,13H,4-8H2,1-3H3/t11-/m0/s1. The van der Waals surface area contributed by atoms with E-state index in [9.17, 15) is 13.2 Å². The van der Waals surface area contributed by atoms with E-state index in [-0.39, 0.29) is 18.5 Å². The van der Waals surface area contributed by atoms with E-state index in [4.69, 9.17) is 0 Å². The number of hydrogen-bond donors (Lipinski definition) is 1. The second kappa shape index (κ2) is 6.10. The maximum atomic E-state index is 12.1. The lowest BCUT2D eigenvalue weighted by Gasteiger charge is -2.33. The molecule has 1 aromatic rings. The molecule has 1 amide bonds. The van der Waals surface area contributed by atoms with Gasteiger partial charge in [0, 0.05) is 13.1 Å². The van der Waals surface area contributed by atoms with Crippen LogP contribution >= 0.6 is 0 Å². The topological polar surface area (TPSA) is 97.2 Å². The van der Waals surface area contributed by atoms with Crippen molar-refractivity contribution in [2.45, 2.75) is 32.7 Å². The van der Waals surface area contributed by atoms with Gasteiger partial charge in [-0.05, 0) is 26.7 Å². The number of aromatic nitrogens is 3. The summed E-state index contributed by atoms with van der Waals surface area (Å²) < 4.78 is 26.2. The van der Waals surface area contributed by atoms with Crippen LogP contribution in [0, 0.1) is 13.8 Å². The fourth-order valence-corrected chi connectivity index (χ4v) is 2.95. The molecule has 0 unspecified atom stereocenters. The fourth-order valence-electron chi connectivity index (χ4n) is 2.57. The van der Waals surface area contributed by atoms with Gasteiger partial charge in [0.05, 0.1) is 18.8 Å². The monoisotopic (exact) mass is 315 g/mol. The van der Waals surface area contributed by atoms with E-state index in [1.165, 1.54) is 0 Å². The van der Waals surface area contributed by atoms with E-state index in [0.29, 0.717) is 13.1 Å². The highest BCUT2D eigenvalue weighted by Gasteiger charge is 2.26. The van der Waals surface area contributed by atoms with Crippen LogP contribution in [0.2, 0.25) is 0 Å². The van der Waals surface area contributed by atoms with E-state index >= 15 is 0 Å². The van der Waals surface area contributed by atoms with E-state index in [2.05, 4.69) is 14.8 Å². The minimum Gasteiger partial charge on any atom is -0.339 e. The number of sulfonamides is 1. The lowest BCUT2D eigenvalue weighted by molar-refractivity contribution is -0.131. The van der Waals surface area contributed by atoms with Crippen LogP contribution in [-0.4, -0.2) is 59.9 Å². The first kappa shape index (κ1) is 15.9. The van der Waals surface area contributed by atoms with Crippen molar-refractivity contribution in [3.8, 4) is 0 Å². The molecule has 1 atom stereocenters. The molecule has 8 nitrogen and oxygen atoms in total. The molecule has 21 heavy (non-hydrogen) atoms. The van der Waals surface area contributed by atoms with Gasteiger partial charge in [0.2, 0.25) is 15.9 Å². The number of piperidine rings is 1. The van der Waals surface area contributed by atoms with Crippen molar-refractivity contribution in [2.75, 3.05) is 25.9 Å². The molecule has 2 rings (SSSR count). The van der Waals surface area contributed by atoms with Crippen LogP contribution in [0.15, 0.2) is 0 Å². The van der Waals surface area contributed by atoms with Gasteiger partial charge in [-0.1, -0.05) is 0 Å². The molecule has 9 heteroatoms. The molecule has 0 aliphatic carbocycles. The number of nitrogens with one attached hydrogen (secondary N) is 1. The summed E-state index contributed by atoms with van der Waals surface area (Å²) in [4.78, 5) is 18.0. The molecule has 1 fully saturated rings. The van der Waals surface area contributed by atoms with E-state index in [1.807, 2.05) is 18.5 Å². The van der Waals surface area contributed by atoms with Crippen molar-refractivity contribution in [2.24, 2.45) is 0 Å². The molecule has 2 heterocycles. The molecule has 1 aromatic heterocycles. The average molecular weight is 315 g/mol. The summed E-state index contributed by atoms with van der Waals surface area (Å²) in [6.45, 7) is 4.72. The Morgan fingerprint density at radius 2 is 2.14 bits per heavy atom. The second-order valence-corrected chi connectivity index (χ2v) is 7.21. The lowest BCUT2D eigenvalue weighted by Crippen LogP contribution is -2.45. The normalized spacial score (nSPS) is 19.8. The van der Waals surface area contributed by atoms with Crippen molar-refractivity contribution < 1.29 is 13.2 Å². The molecule has 1 saturated heterocycles. The number of aryl methyl sites for hydroxylation is 2. The van der Waals surface area contributed by atoms with Gasteiger partial charge in [-0.2, -0.15) is 5.10 Å². The minimum atomic E-state index is -3.35. The zero-order chi connectivity index (χ0) is 15.6. The van der Waals surface area contributed by atoms with Crippen LogP contribution in [-0.2, 0) is 14.8 Å². The number of carbonyl (C=O) groups is 1. The summed E-state index contributed by atoms with van der Waals surface area (Å²) in [6, 6.07) is 0.0992. The summed E-state index contributed by atoms with van der Waals surface area (Å²) in [7, 11) is -3.35. The fraction of sp³-hybridized carbons (Fsp3) is 0.750. The van der Waals surface area contributed by atoms with E-state index in [1.54, 1.807) is 4.90 Å². The van der Waals surface area contributed by atoms with E-state index in [0.717, 1.165) is 30.7 Å². The Balaban J connectivity index is 2.00. The molecule has 0 saturated carbocycles. The molecule has 1 aliphatic rings. The molecule has 118 valence electrons. The highest BCUT2D eigenvalue weighted by molar-refractivity contribution is 7.88. The van der Waals surface area contributed by atoms with Crippen molar-refractivity contribution in [1.82, 2.24) is 24.4 Å². The summed E-state index contributed by atoms with van der Waals surface area (Å²) >= 11 is 0. The Kier molecular flexibility index (Phi) is 4.62. The molecule has 0 spiro atoms. The Hall–Kier alpha value is -1.48. The van der Waals surface area contributed by atoms with Crippen molar-refractivity contribution in [3.63, 3.8) is 0 Å². The highest BCUT2D eigenvalue weighted by Crippen LogP contribution is 2.21. The Bertz CT molecular complexity index is 625. The number of amides is 1. The lowest BCUT2D eigenvalue weighted by atomic mass is 10.1. The average Bonchev–Trinajstić information content (AvgIpc) is 2.74. The first-order valence-corrected chi connectivity index (χ1v) is 8.77. The number of nitrogens with zero attached hydrogens (tertiary/aromatic N) is 4. The molecular formula is C12H21N5O3S. The molecule has 1 N–H and O–H groups in total. The third-order valence-corrected chi connectivity index (χ3v) is 4.16. The molecule has 0 bridgehead atoms. The Morgan fingerprint density at radius 3 is 2.71 bits per heavy atom. The van der Waals surface area contributed by atoms with E-state index < -0.39 is 10.0 Å². The van der Waals surface area contributed by atoms with Gasteiger partial charge < -0.3 is 4.90 Å². The number of rotatable bonds is 4. The van der Waals surface area contributed by atoms with Crippen molar-refractivity contribution >= 4 is 15.9 Å². The molecule has 1 aliphatic heterocycles. The molecule has 0 aromatic carbocycles. The Labute approximate surface area is 124 Å². The van der Waals surface area contributed by atoms with Gasteiger partial charge in [0.15, 0.2) is 0 Å². The number of likely N-dealkylation sites (tertiary alicyclic amines) is 1. The van der Waals surface area contributed by atoms with Gasteiger partial charge in [-0.15, -0.1) is 0 Å². The third-order valence-electron chi connectivity index (χ3n) is 3.49. The largest absolute Gasteiger partial charge is 0.339 e. The smallest absolute Gasteiger partial charge is 0.237 e. The summed E-state index contributed by atoms with van der Waals surface area (Å²) in [5, 5.41) is 4.37. The second-order valence-electron chi connectivity index (χ2n) is 5.38. The minimum absolute atomic E-state index is 0.0992. The van der Waals surface area contributed by atoms with Gasteiger partial charge >= 0.3 is 0 Å². The van der Waals surface area contributed by atoms with Crippen LogP contribution in [0.4, 0.5) is 0 Å². The summed E-state index contributed by atoms with van der Waals surface area (Å²) in [5.74, 6) is 1.34. The van der Waals surface area contributed by atoms with Crippen LogP contribution in [0.5, 0.6) is 0 Å². The third kappa shape index (κ3) is 4.24. The zero-order valence-electron chi connectivity index (χ0n) is 12.5. The van der Waals surface area contributed by atoms with Gasteiger partial charge in [0.1, 0.15) is 11.6 Å². The predicted molar refractivity (Wildman–Crippen MR) is 77.2 cm³/mol. The SMILES string of the molecule is Cc1nc(C)n([C@H]2CCCN(C(=O)CNS(C)(=O)=O)C2)n1. The molecular weight excluding hydrogens is 294 g/mol. The Morgan fingerprint density at radius 1 is 1.43 bits per heavy atom. The maximum absolute atomic E-state index is 12.1. The van der Waals surface area contributed by atoms with Crippen LogP contribution < -0.4 is 4.72 Å². The van der Waals surface area contributed by atoms with Gasteiger partial charge in [-0.3, -0.25) is 4.79 Å².